The van der Waals surface area contributed by atoms with E-state index in [1.165, 1.54) is 0 Å². The molecule has 0 aromatic rings. The zero-order valence-corrected chi connectivity index (χ0v) is 11.5. The van der Waals surface area contributed by atoms with Crippen molar-refractivity contribution in [2.45, 2.75) is 52.0 Å². The minimum Gasteiger partial charge on any atom is -0.480 e. The number of carbonyl (C=O) groups excluding carboxylic acids is 1. The SMILES string of the molecule is CC(C)C(C)CNC(=O)NC1(C(=O)O)CCCC1. The topological polar surface area (TPSA) is 78.4 Å². The molecule has 1 unspecified atom stereocenters. The van der Waals surface area contributed by atoms with Crippen molar-refractivity contribution in [3.05, 3.63) is 0 Å². The minimum absolute atomic E-state index is 0.369. The van der Waals surface area contributed by atoms with Gasteiger partial charge in [-0.1, -0.05) is 33.6 Å². The van der Waals surface area contributed by atoms with E-state index in [0.29, 0.717) is 31.2 Å². The molecule has 1 rings (SSSR count). The van der Waals surface area contributed by atoms with Crippen molar-refractivity contribution in [2.75, 3.05) is 6.54 Å². The lowest BCUT2D eigenvalue weighted by molar-refractivity contribution is -0.144. The van der Waals surface area contributed by atoms with Crippen molar-refractivity contribution in [2.24, 2.45) is 11.8 Å². The predicted octanol–water partition coefficient (Wildman–Crippen LogP) is 1.98. The highest BCUT2D eigenvalue weighted by molar-refractivity contribution is 5.86. The molecule has 0 heterocycles. The molecular formula is C13H24N2O3. The van der Waals surface area contributed by atoms with E-state index in [-0.39, 0.29) is 6.03 Å². The number of hydrogen-bond acceptors (Lipinski definition) is 2. The Morgan fingerprint density at radius 2 is 1.78 bits per heavy atom. The summed E-state index contributed by atoms with van der Waals surface area (Å²) in [5.41, 5.74) is -1.05. The highest BCUT2D eigenvalue weighted by atomic mass is 16.4. The first-order valence-electron chi connectivity index (χ1n) is 6.67. The second-order valence-corrected chi connectivity index (χ2v) is 5.65. The van der Waals surface area contributed by atoms with Gasteiger partial charge in [0, 0.05) is 6.54 Å². The van der Waals surface area contributed by atoms with Crippen molar-refractivity contribution in [3.8, 4) is 0 Å². The van der Waals surface area contributed by atoms with Gasteiger partial charge in [-0.25, -0.2) is 9.59 Å². The van der Waals surface area contributed by atoms with E-state index in [2.05, 4.69) is 31.4 Å². The number of urea groups is 1. The zero-order chi connectivity index (χ0) is 13.8. The Bertz CT molecular complexity index is 309. The summed E-state index contributed by atoms with van der Waals surface area (Å²) in [5.74, 6) is -0.0580. The van der Waals surface area contributed by atoms with Crippen LogP contribution in [-0.2, 0) is 4.79 Å². The molecule has 0 aliphatic heterocycles. The van der Waals surface area contributed by atoms with Crippen molar-refractivity contribution < 1.29 is 14.7 Å². The molecule has 1 fully saturated rings. The first-order valence-corrected chi connectivity index (χ1v) is 6.67. The number of carboxylic acids is 1. The summed E-state index contributed by atoms with van der Waals surface area (Å²) < 4.78 is 0. The number of nitrogens with one attached hydrogen (secondary N) is 2. The second-order valence-electron chi connectivity index (χ2n) is 5.65. The fraction of sp³-hybridized carbons (Fsp3) is 0.846. The maximum atomic E-state index is 11.8. The van der Waals surface area contributed by atoms with Gasteiger partial charge >= 0.3 is 12.0 Å². The van der Waals surface area contributed by atoms with Crippen LogP contribution in [0.25, 0.3) is 0 Å². The van der Waals surface area contributed by atoms with Crippen LogP contribution in [-0.4, -0.2) is 29.2 Å². The number of aliphatic carboxylic acids is 1. The highest BCUT2D eigenvalue weighted by Gasteiger charge is 2.42. The third-order valence-corrected chi connectivity index (χ3v) is 3.94. The fourth-order valence-electron chi connectivity index (χ4n) is 2.12. The Kier molecular flexibility index (Phi) is 4.99. The van der Waals surface area contributed by atoms with E-state index in [1.54, 1.807) is 0 Å². The molecule has 1 aliphatic rings. The average molecular weight is 256 g/mol. The maximum absolute atomic E-state index is 11.8. The quantitative estimate of drug-likeness (QED) is 0.703. The van der Waals surface area contributed by atoms with Crippen molar-refractivity contribution in [1.29, 1.82) is 0 Å². The Hall–Kier alpha value is -1.26. The van der Waals surface area contributed by atoms with Gasteiger partial charge in [0.25, 0.3) is 0 Å². The minimum atomic E-state index is -1.05. The van der Waals surface area contributed by atoms with E-state index in [4.69, 9.17) is 0 Å². The predicted molar refractivity (Wildman–Crippen MR) is 69.4 cm³/mol. The van der Waals surface area contributed by atoms with Gasteiger partial charge in [-0.05, 0) is 24.7 Å². The van der Waals surface area contributed by atoms with Gasteiger partial charge in [0.15, 0.2) is 0 Å². The van der Waals surface area contributed by atoms with Crippen molar-refractivity contribution in [1.82, 2.24) is 10.6 Å². The second kappa shape index (κ2) is 6.07. The molecule has 0 aromatic heterocycles. The number of carboxylic acid groups (broad SMARTS) is 1. The molecule has 1 atom stereocenters. The molecule has 0 bridgehead atoms. The van der Waals surface area contributed by atoms with Gasteiger partial charge in [-0.2, -0.15) is 0 Å². The summed E-state index contributed by atoms with van der Waals surface area (Å²) in [4.78, 5) is 23.0. The zero-order valence-electron chi connectivity index (χ0n) is 11.5. The van der Waals surface area contributed by atoms with Crippen LogP contribution in [0, 0.1) is 11.8 Å². The van der Waals surface area contributed by atoms with E-state index in [9.17, 15) is 14.7 Å². The van der Waals surface area contributed by atoms with Gasteiger partial charge in [-0.15, -0.1) is 0 Å². The lowest BCUT2D eigenvalue weighted by Crippen LogP contribution is -2.56. The number of amides is 2. The third-order valence-electron chi connectivity index (χ3n) is 3.94. The first-order chi connectivity index (χ1) is 8.37. The molecule has 5 heteroatoms. The van der Waals surface area contributed by atoms with Gasteiger partial charge in [-0.3, -0.25) is 0 Å². The normalized spacial score (nSPS) is 19.6. The van der Waals surface area contributed by atoms with E-state index >= 15 is 0 Å². The Labute approximate surface area is 108 Å². The van der Waals surface area contributed by atoms with E-state index < -0.39 is 11.5 Å². The van der Waals surface area contributed by atoms with Gasteiger partial charge < -0.3 is 15.7 Å². The summed E-state index contributed by atoms with van der Waals surface area (Å²) in [7, 11) is 0. The fourth-order valence-corrected chi connectivity index (χ4v) is 2.12. The molecule has 0 saturated heterocycles. The molecule has 5 nitrogen and oxygen atoms in total. The molecule has 104 valence electrons. The van der Waals surface area contributed by atoms with Crippen LogP contribution in [0.2, 0.25) is 0 Å². The molecule has 1 saturated carbocycles. The standard InChI is InChI=1S/C13H24N2O3/c1-9(2)10(3)8-14-12(18)15-13(11(16)17)6-4-5-7-13/h9-10H,4-8H2,1-3H3,(H,16,17)(H2,14,15,18). The highest BCUT2D eigenvalue weighted by Crippen LogP contribution is 2.29. The molecule has 0 spiro atoms. The van der Waals surface area contributed by atoms with Crippen molar-refractivity contribution in [3.63, 3.8) is 0 Å². The van der Waals surface area contributed by atoms with Crippen LogP contribution in [0.15, 0.2) is 0 Å². The van der Waals surface area contributed by atoms with E-state index in [0.717, 1.165) is 12.8 Å². The van der Waals surface area contributed by atoms with Crippen molar-refractivity contribution >= 4 is 12.0 Å². The lowest BCUT2D eigenvalue weighted by Gasteiger charge is -2.26. The molecule has 2 amide bonds. The van der Waals surface area contributed by atoms with Gasteiger partial charge in [0.05, 0.1) is 0 Å². The van der Waals surface area contributed by atoms with Crippen LogP contribution in [0.1, 0.15) is 46.5 Å². The van der Waals surface area contributed by atoms with Crippen LogP contribution in [0.3, 0.4) is 0 Å². The summed E-state index contributed by atoms with van der Waals surface area (Å²) in [6.07, 6.45) is 2.76. The molecule has 3 N–H and O–H groups in total. The summed E-state index contributed by atoms with van der Waals surface area (Å²) in [5, 5.41) is 14.6. The lowest BCUT2D eigenvalue weighted by atomic mass is 9.97. The summed E-state index contributed by atoms with van der Waals surface area (Å²) in [6.45, 7) is 6.83. The van der Waals surface area contributed by atoms with Gasteiger partial charge in [0.1, 0.15) is 5.54 Å². The van der Waals surface area contributed by atoms with Crippen LogP contribution in [0.4, 0.5) is 4.79 Å². The summed E-state index contributed by atoms with van der Waals surface area (Å²) in [6, 6.07) is -0.369. The Balaban J connectivity index is 2.46. The smallest absolute Gasteiger partial charge is 0.329 e. The van der Waals surface area contributed by atoms with E-state index in [1.807, 2.05) is 0 Å². The summed E-state index contributed by atoms with van der Waals surface area (Å²) >= 11 is 0. The van der Waals surface area contributed by atoms with Crippen LogP contribution < -0.4 is 10.6 Å². The first kappa shape index (κ1) is 14.8. The Morgan fingerprint density at radius 1 is 1.22 bits per heavy atom. The Morgan fingerprint density at radius 3 is 2.22 bits per heavy atom. The number of hydrogen-bond donors (Lipinski definition) is 3. The average Bonchev–Trinajstić information content (AvgIpc) is 2.75. The monoisotopic (exact) mass is 256 g/mol. The van der Waals surface area contributed by atoms with Gasteiger partial charge in [0.2, 0.25) is 0 Å². The molecule has 1 aliphatic carbocycles. The largest absolute Gasteiger partial charge is 0.480 e. The molecule has 0 aromatic carbocycles. The van der Waals surface area contributed by atoms with Crippen LogP contribution in [0.5, 0.6) is 0 Å². The molecule has 0 radical (unpaired) electrons. The number of carbonyl (C=O) groups is 2. The third kappa shape index (κ3) is 3.62. The number of rotatable bonds is 5. The molecular weight excluding hydrogens is 232 g/mol. The van der Waals surface area contributed by atoms with Crippen LogP contribution >= 0.6 is 0 Å². The maximum Gasteiger partial charge on any atom is 0.329 e. The molecule has 18 heavy (non-hydrogen) atoms.